The van der Waals surface area contributed by atoms with Crippen LogP contribution in [-0.2, 0) is 22.6 Å². The molecule has 2 aromatic carbocycles. The molecule has 36 heavy (non-hydrogen) atoms. The summed E-state index contributed by atoms with van der Waals surface area (Å²) < 4.78 is 7.53. The summed E-state index contributed by atoms with van der Waals surface area (Å²) in [7, 11) is 0. The number of imidazole rings is 1. The van der Waals surface area contributed by atoms with Gasteiger partial charge in [0, 0.05) is 30.1 Å². The maximum Gasteiger partial charge on any atom is 0.257 e. The molecule has 3 aromatic rings. The number of carbonyl (C=O) groups excluding carboxylic acids is 2. The fourth-order valence-corrected chi connectivity index (χ4v) is 4.55. The highest BCUT2D eigenvalue weighted by Gasteiger charge is 2.22. The predicted molar refractivity (Wildman–Crippen MR) is 144 cm³/mol. The number of hydrogen-bond acceptors (Lipinski definition) is 4. The van der Waals surface area contributed by atoms with Gasteiger partial charge in [0.15, 0.2) is 6.61 Å². The van der Waals surface area contributed by atoms with E-state index < -0.39 is 0 Å². The number of rotatable bonds is 13. The van der Waals surface area contributed by atoms with Gasteiger partial charge >= 0.3 is 0 Å². The number of nitrogens with zero attached hydrogens (tertiary/aromatic N) is 3. The van der Waals surface area contributed by atoms with Crippen LogP contribution in [0.4, 0.5) is 0 Å². The summed E-state index contributed by atoms with van der Waals surface area (Å²) in [5.74, 6) is 1.50. The molecular weight excluding hydrogens is 476 g/mol. The fourth-order valence-electron chi connectivity index (χ4n) is 4.43. The monoisotopic (exact) mass is 512 g/mol. The first-order chi connectivity index (χ1) is 17.3. The highest BCUT2D eigenvalue weighted by Crippen LogP contribution is 2.19. The summed E-state index contributed by atoms with van der Waals surface area (Å²) in [6.45, 7) is 9.05. The highest BCUT2D eigenvalue weighted by molar-refractivity contribution is 6.30. The first kappa shape index (κ1) is 27.5. The van der Waals surface area contributed by atoms with Gasteiger partial charge in [-0.15, -0.1) is 0 Å². The molecule has 3 rings (SSSR count). The zero-order valence-electron chi connectivity index (χ0n) is 21.7. The lowest BCUT2D eigenvalue weighted by Crippen LogP contribution is -2.43. The average molecular weight is 513 g/mol. The Morgan fingerprint density at radius 3 is 2.39 bits per heavy atom. The lowest BCUT2D eigenvalue weighted by Gasteiger charge is -2.31. The van der Waals surface area contributed by atoms with Crippen LogP contribution in [0.15, 0.2) is 48.5 Å². The van der Waals surface area contributed by atoms with Gasteiger partial charge in [-0.3, -0.25) is 9.59 Å². The van der Waals surface area contributed by atoms with Gasteiger partial charge in [0.05, 0.1) is 11.0 Å². The number of aromatic nitrogens is 2. The molecule has 0 unspecified atom stereocenters. The van der Waals surface area contributed by atoms with Crippen LogP contribution in [0.25, 0.3) is 11.0 Å². The largest absolute Gasteiger partial charge is 0.484 e. The lowest BCUT2D eigenvalue weighted by molar-refractivity contribution is -0.135. The van der Waals surface area contributed by atoms with Gasteiger partial charge in [0.1, 0.15) is 18.1 Å². The van der Waals surface area contributed by atoms with Crippen LogP contribution >= 0.6 is 11.6 Å². The van der Waals surface area contributed by atoms with Gasteiger partial charge < -0.3 is 19.5 Å². The van der Waals surface area contributed by atoms with E-state index >= 15 is 0 Å². The van der Waals surface area contributed by atoms with Crippen LogP contribution in [0.2, 0.25) is 5.02 Å². The van der Waals surface area contributed by atoms with Gasteiger partial charge in [0.2, 0.25) is 5.91 Å². The molecule has 0 saturated heterocycles. The fraction of sp³-hybridized carbons (Fsp3) is 0.464. The normalized spacial score (nSPS) is 11.3. The zero-order chi connectivity index (χ0) is 26.1. The summed E-state index contributed by atoms with van der Waals surface area (Å²) in [4.78, 5) is 31.9. The smallest absolute Gasteiger partial charge is 0.257 e. The van der Waals surface area contributed by atoms with Crippen molar-refractivity contribution in [3.63, 3.8) is 0 Å². The molecular formula is C28H37ClN4O3. The molecule has 1 N–H and O–H groups in total. The second kappa shape index (κ2) is 13.3. The molecule has 194 valence electrons. The number of carbonyl (C=O) groups is 2. The molecule has 0 bridgehead atoms. The zero-order valence-corrected chi connectivity index (χ0v) is 22.4. The number of benzene rings is 2. The molecule has 2 amide bonds. The molecule has 1 aromatic heterocycles. The van der Waals surface area contributed by atoms with Crippen LogP contribution in [-0.4, -0.2) is 51.5 Å². The molecule has 7 nitrogen and oxygen atoms in total. The van der Waals surface area contributed by atoms with Crippen molar-refractivity contribution < 1.29 is 14.3 Å². The van der Waals surface area contributed by atoms with E-state index in [0.717, 1.165) is 42.5 Å². The number of amides is 2. The van der Waals surface area contributed by atoms with Crippen LogP contribution in [0, 0.1) is 0 Å². The Hall–Kier alpha value is -3.06. The van der Waals surface area contributed by atoms with Crippen molar-refractivity contribution in [2.75, 3.05) is 13.2 Å². The number of nitrogens with one attached hydrogen (secondary N) is 1. The Labute approximate surface area is 218 Å². The predicted octanol–water partition coefficient (Wildman–Crippen LogP) is 5.24. The van der Waals surface area contributed by atoms with E-state index in [0.29, 0.717) is 17.3 Å². The molecule has 0 aliphatic rings. The first-order valence-electron chi connectivity index (χ1n) is 12.7. The molecule has 0 fully saturated rings. The Morgan fingerprint density at radius 2 is 1.69 bits per heavy atom. The second-order valence-corrected chi connectivity index (χ2v) is 9.93. The lowest BCUT2D eigenvalue weighted by atomic mass is 10.2. The maximum absolute atomic E-state index is 13.1. The summed E-state index contributed by atoms with van der Waals surface area (Å²) in [6.07, 6.45) is 3.51. The van der Waals surface area contributed by atoms with Gasteiger partial charge in [-0.25, -0.2) is 4.98 Å². The van der Waals surface area contributed by atoms with E-state index in [1.807, 2.05) is 56.9 Å². The van der Waals surface area contributed by atoms with Crippen molar-refractivity contribution in [2.24, 2.45) is 0 Å². The topological polar surface area (TPSA) is 76.5 Å². The summed E-state index contributed by atoms with van der Waals surface area (Å²) in [6, 6.07) is 15.2. The SMILES string of the molecule is CC(C)N(C(=O)Cn1c(CCCCCNC(=O)COc2ccc(Cl)cc2)nc2ccccc21)C(C)C. The van der Waals surface area contributed by atoms with E-state index in [1.165, 1.54) is 0 Å². The number of unbranched alkanes of at least 4 members (excludes halogenated alkanes) is 2. The highest BCUT2D eigenvalue weighted by atomic mass is 35.5. The third-order valence-corrected chi connectivity index (χ3v) is 6.26. The Morgan fingerprint density at radius 1 is 1.00 bits per heavy atom. The van der Waals surface area contributed by atoms with Crippen molar-refractivity contribution in [1.29, 1.82) is 0 Å². The molecule has 8 heteroatoms. The van der Waals surface area contributed by atoms with Crippen molar-refractivity contribution in [1.82, 2.24) is 19.8 Å². The van der Waals surface area contributed by atoms with Crippen LogP contribution in [0.1, 0.15) is 52.8 Å². The molecule has 0 saturated carbocycles. The van der Waals surface area contributed by atoms with Gasteiger partial charge in [-0.1, -0.05) is 30.2 Å². The van der Waals surface area contributed by atoms with Gasteiger partial charge in [-0.05, 0) is 76.9 Å². The minimum atomic E-state index is -0.148. The molecule has 1 heterocycles. The minimum Gasteiger partial charge on any atom is -0.484 e. The third-order valence-electron chi connectivity index (χ3n) is 6.01. The molecule has 0 aliphatic carbocycles. The minimum absolute atomic E-state index is 0.0243. The van der Waals surface area contributed by atoms with E-state index in [1.54, 1.807) is 24.3 Å². The van der Waals surface area contributed by atoms with Crippen molar-refractivity contribution >= 4 is 34.4 Å². The first-order valence-corrected chi connectivity index (χ1v) is 13.0. The maximum atomic E-state index is 13.1. The number of halogens is 1. The number of para-hydroxylation sites is 2. The Bertz CT molecular complexity index is 1130. The summed E-state index contributed by atoms with van der Waals surface area (Å²) in [5, 5.41) is 3.52. The quantitative estimate of drug-likeness (QED) is 0.318. The number of aryl methyl sites for hydroxylation is 1. The summed E-state index contributed by atoms with van der Waals surface area (Å²) in [5.41, 5.74) is 1.90. The average Bonchev–Trinajstić information content (AvgIpc) is 3.17. The van der Waals surface area contributed by atoms with Crippen LogP contribution < -0.4 is 10.1 Å². The van der Waals surface area contributed by atoms with E-state index in [-0.39, 0.29) is 37.0 Å². The number of hydrogen-bond donors (Lipinski definition) is 1. The van der Waals surface area contributed by atoms with E-state index in [2.05, 4.69) is 9.88 Å². The van der Waals surface area contributed by atoms with Crippen molar-refractivity contribution in [2.45, 2.75) is 72.0 Å². The van der Waals surface area contributed by atoms with Crippen LogP contribution in [0.3, 0.4) is 0 Å². The van der Waals surface area contributed by atoms with E-state index in [9.17, 15) is 9.59 Å². The molecule has 0 spiro atoms. The Balaban J connectivity index is 1.48. The second-order valence-electron chi connectivity index (χ2n) is 9.49. The number of ether oxygens (including phenoxy) is 1. The number of fused-ring (bicyclic) bond motifs is 1. The molecule has 0 radical (unpaired) electrons. The molecule has 0 atom stereocenters. The van der Waals surface area contributed by atoms with Gasteiger partial charge in [-0.2, -0.15) is 0 Å². The van der Waals surface area contributed by atoms with Crippen molar-refractivity contribution in [3.8, 4) is 5.75 Å². The van der Waals surface area contributed by atoms with Crippen molar-refractivity contribution in [3.05, 3.63) is 59.4 Å². The van der Waals surface area contributed by atoms with Crippen LogP contribution in [0.5, 0.6) is 5.75 Å². The molecule has 0 aliphatic heterocycles. The summed E-state index contributed by atoms with van der Waals surface area (Å²) >= 11 is 5.85. The van der Waals surface area contributed by atoms with Gasteiger partial charge in [0.25, 0.3) is 5.91 Å². The Kier molecular flexibility index (Phi) is 10.2. The third kappa shape index (κ3) is 7.72. The standard InChI is InChI=1S/C28H37ClN4O3/c1-20(2)33(21(3)4)28(35)18-32-25-11-8-7-10-24(25)31-26(32)12-6-5-9-17-30-27(34)19-36-23-15-13-22(29)14-16-23/h7-8,10-11,13-16,20-21H,5-6,9,12,17-19H2,1-4H3,(H,30,34). The van der Waals surface area contributed by atoms with E-state index in [4.69, 9.17) is 21.3 Å².